The number of aliphatic hydroxyl groups is 1. The average Bonchev–Trinajstić information content (AvgIpc) is 2.48. The predicted octanol–water partition coefficient (Wildman–Crippen LogP) is 2.22. The summed E-state index contributed by atoms with van der Waals surface area (Å²) in [5.41, 5.74) is 1.08. The number of carbonyl (C=O) groups excluding carboxylic acids is 1. The van der Waals surface area contributed by atoms with Gasteiger partial charge >= 0.3 is 0 Å². The third-order valence-corrected chi connectivity index (χ3v) is 2.99. The van der Waals surface area contributed by atoms with Crippen LogP contribution in [-0.4, -0.2) is 17.6 Å². The summed E-state index contributed by atoms with van der Waals surface area (Å²) in [4.78, 5) is 11.7. The molecule has 1 atom stereocenters. The summed E-state index contributed by atoms with van der Waals surface area (Å²) in [6.07, 6.45) is -0.797. The summed E-state index contributed by atoms with van der Waals surface area (Å²) in [6, 6.07) is 15.2. The lowest BCUT2D eigenvalue weighted by Crippen LogP contribution is -2.29. The molecule has 0 aromatic heterocycles. The Morgan fingerprint density at radius 3 is 2.45 bits per heavy atom. The Balaban J connectivity index is 1.85. The van der Waals surface area contributed by atoms with E-state index in [1.165, 1.54) is 6.07 Å². The third-order valence-electron chi connectivity index (χ3n) is 2.99. The van der Waals surface area contributed by atoms with Gasteiger partial charge in [0.05, 0.1) is 12.5 Å². The van der Waals surface area contributed by atoms with E-state index in [2.05, 4.69) is 5.32 Å². The highest BCUT2D eigenvalue weighted by atomic mass is 19.1. The summed E-state index contributed by atoms with van der Waals surface area (Å²) >= 11 is 0. The summed E-state index contributed by atoms with van der Waals surface area (Å²) in [5, 5.41) is 12.5. The van der Waals surface area contributed by atoms with Crippen LogP contribution in [0.1, 0.15) is 17.2 Å². The molecule has 0 aliphatic rings. The molecule has 0 fully saturated rings. The zero-order valence-corrected chi connectivity index (χ0v) is 10.9. The number of aliphatic hydroxyl groups excluding tert-OH is 1. The number of hydrogen-bond donors (Lipinski definition) is 2. The molecule has 0 saturated heterocycles. The van der Waals surface area contributed by atoms with Crippen LogP contribution in [0.5, 0.6) is 0 Å². The second-order valence-electron chi connectivity index (χ2n) is 4.50. The monoisotopic (exact) mass is 273 g/mol. The minimum Gasteiger partial charge on any atom is -0.387 e. The molecule has 3 nitrogen and oxygen atoms in total. The summed E-state index contributed by atoms with van der Waals surface area (Å²) in [6.45, 7) is 0.108. The van der Waals surface area contributed by atoms with E-state index in [0.717, 1.165) is 5.56 Å². The predicted molar refractivity (Wildman–Crippen MR) is 74.5 cm³/mol. The molecular formula is C16H16FNO2. The molecule has 0 spiro atoms. The molecule has 0 aliphatic carbocycles. The van der Waals surface area contributed by atoms with Crippen LogP contribution < -0.4 is 5.32 Å². The highest BCUT2D eigenvalue weighted by molar-refractivity contribution is 5.78. The Morgan fingerprint density at radius 2 is 1.75 bits per heavy atom. The van der Waals surface area contributed by atoms with Crippen LogP contribution in [0.2, 0.25) is 0 Å². The molecule has 20 heavy (non-hydrogen) atoms. The maximum atomic E-state index is 13.4. The van der Waals surface area contributed by atoms with Gasteiger partial charge in [0.25, 0.3) is 0 Å². The van der Waals surface area contributed by atoms with Gasteiger partial charge < -0.3 is 10.4 Å². The molecular weight excluding hydrogens is 257 g/mol. The lowest BCUT2D eigenvalue weighted by molar-refractivity contribution is -0.120. The molecule has 0 radical (unpaired) electrons. The zero-order valence-electron chi connectivity index (χ0n) is 10.9. The van der Waals surface area contributed by atoms with Gasteiger partial charge in [-0.15, -0.1) is 0 Å². The van der Waals surface area contributed by atoms with Crippen molar-refractivity contribution >= 4 is 5.91 Å². The molecule has 0 bridgehead atoms. The van der Waals surface area contributed by atoms with Crippen LogP contribution in [0.15, 0.2) is 54.6 Å². The largest absolute Gasteiger partial charge is 0.387 e. The molecule has 0 heterocycles. The second-order valence-corrected chi connectivity index (χ2v) is 4.50. The van der Waals surface area contributed by atoms with Crippen molar-refractivity contribution in [2.24, 2.45) is 0 Å². The van der Waals surface area contributed by atoms with Crippen LogP contribution in [0.3, 0.4) is 0 Å². The first-order chi connectivity index (χ1) is 9.66. The van der Waals surface area contributed by atoms with E-state index >= 15 is 0 Å². The third kappa shape index (κ3) is 3.90. The lowest BCUT2D eigenvalue weighted by Gasteiger charge is -2.12. The minimum absolute atomic E-state index is 0.0335. The van der Waals surface area contributed by atoms with Crippen molar-refractivity contribution in [3.63, 3.8) is 0 Å². The Kier molecular flexibility index (Phi) is 4.85. The number of halogens is 1. The van der Waals surface area contributed by atoms with E-state index in [4.69, 9.17) is 0 Å². The van der Waals surface area contributed by atoms with Crippen LogP contribution in [0, 0.1) is 5.82 Å². The maximum Gasteiger partial charge on any atom is 0.224 e. The fraction of sp³-hybridized carbons (Fsp3) is 0.188. The van der Waals surface area contributed by atoms with Crippen molar-refractivity contribution in [2.75, 3.05) is 6.54 Å². The highest BCUT2D eigenvalue weighted by Crippen LogP contribution is 2.11. The average molecular weight is 273 g/mol. The van der Waals surface area contributed by atoms with E-state index in [1.807, 2.05) is 18.2 Å². The van der Waals surface area contributed by atoms with Gasteiger partial charge in [-0.1, -0.05) is 48.5 Å². The molecule has 1 unspecified atom stereocenters. The van der Waals surface area contributed by atoms with E-state index in [9.17, 15) is 14.3 Å². The van der Waals surface area contributed by atoms with Gasteiger partial charge in [0.15, 0.2) is 0 Å². The fourth-order valence-electron chi connectivity index (χ4n) is 1.88. The molecule has 4 heteroatoms. The van der Waals surface area contributed by atoms with Crippen molar-refractivity contribution < 1.29 is 14.3 Å². The van der Waals surface area contributed by atoms with E-state index in [1.54, 1.807) is 30.3 Å². The van der Waals surface area contributed by atoms with Crippen LogP contribution in [-0.2, 0) is 11.2 Å². The summed E-state index contributed by atoms with van der Waals surface area (Å²) in [7, 11) is 0. The molecule has 0 aliphatic heterocycles. The highest BCUT2D eigenvalue weighted by Gasteiger charge is 2.11. The maximum absolute atomic E-state index is 13.4. The van der Waals surface area contributed by atoms with Gasteiger partial charge in [0.1, 0.15) is 5.82 Å². The molecule has 2 rings (SSSR count). The summed E-state index contributed by atoms with van der Waals surface area (Å²) < 4.78 is 13.4. The number of amides is 1. The Labute approximate surface area is 117 Å². The Morgan fingerprint density at radius 1 is 1.10 bits per heavy atom. The van der Waals surface area contributed by atoms with Crippen molar-refractivity contribution in [1.29, 1.82) is 0 Å². The minimum atomic E-state index is -0.763. The SMILES string of the molecule is O=C(Cc1ccccc1F)NCC(O)c1ccccc1. The molecule has 2 N–H and O–H groups in total. The van der Waals surface area contributed by atoms with Crippen LogP contribution >= 0.6 is 0 Å². The van der Waals surface area contributed by atoms with Gasteiger partial charge in [-0.05, 0) is 17.2 Å². The first kappa shape index (κ1) is 14.2. The van der Waals surface area contributed by atoms with E-state index < -0.39 is 11.9 Å². The summed E-state index contributed by atoms with van der Waals surface area (Å²) in [5.74, 6) is -0.712. The molecule has 2 aromatic rings. The zero-order chi connectivity index (χ0) is 14.4. The second kappa shape index (κ2) is 6.82. The van der Waals surface area contributed by atoms with Crippen LogP contribution in [0.25, 0.3) is 0 Å². The number of benzene rings is 2. The number of carbonyl (C=O) groups is 1. The molecule has 104 valence electrons. The fourth-order valence-corrected chi connectivity index (χ4v) is 1.88. The molecule has 0 saturated carbocycles. The molecule has 2 aromatic carbocycles. The number of rotatable bonds is 5. The van der Waals surface area contributed by atoms with Gasteiger partial charge in [-0.3, -0.25) is 4.79 Å². The van der Waals surface area contributed by atoms with Crippen molar-refractivity contribution in [3.8, 4) is 0 Å². The molecule has 1 amide bonds. The Bertz CT molecular complexity index is 572. The first-order valence-electron chi connectivity index (χ1n) is 6.40. The van der Waals surface area contributed by atoms with Crippen LogP contribution in [0.4, 0.5) is 4.39 Å². The number of nitrogens with one attached hydrogen (secondary N) is 1. The topological polar surface area (TPSA) is 49.3 Å². The lowest BCUT2D eigenvalue weighted by atomic mass is 10.1. The smallest absolute Gasteiger partial charge is 0.224 e. The van der Waals surface area contributed by atoms with Gasteiger partial charge in [0, 0.05) is 6.54 Å². The first-order valence-corrected chi connectivity index (χ1v) is 6.40. The van der Waals surface area contributed by atoms with Gasteiger partial charge in [-0.25, -0.2) is 4.39 Å². The van der Waals surface area contributed by atoms with E-state index in [0.29, 0.717) is 5.56 Å². The van der Waals surface area contributed by atoms with Gasteiger partial charge in [-0.2, -0.15) is 0 Å². The quantitative estimate of drug-likeness (QED) is 0.877. The van der Waals surface area contributed by atoms with Crippen molar-refractivity contribution in [2.45, 2.75) is 12.5 Å². The Hall–Kier alpha value is -2.20. The van der Waals surface area contributed by atoms with Crippen molar-refractivity contribution in [3.05, 3.63) is 71.5 Å². The number of hydrogen-bond acceptors (Lipinski definition) is 2. The normalized spacial score (nSPS) is 11.9. The van der Waals surface area contributed by atoms with Crippen molar-refractivity contribution in [1.82, 2.24) is 5.32 Å². The van der Waals surface area contributed by atoms with E-state index in [-0.39, 0.29) is 18.9 Å². The standard InChI is InChI=1S/C16H16FNO2/c17-14-9-5-4-8-13(14)10-16(20)18-11-15(19)12-6-2-1-3-7-12/h1-9,15,19H,10-11H2,(H,18,20). The van der Waals surface area contributed by atoms with Gasteiger partial charge in [0.2, 0.25) is 5.91 Å².